The zero-order valence-corrected chi connectivity index (χ0v) is 6.76. The van der Waals surface area contributed by atoms with Crippen LogP contribution in [-0.4, -0.2) is 16.9 Å². The Balaban J connectivity index is 0. The molecule has 0 saturated carbocycles. The molecule has 0 fully saturated rings. The zero-order valence-electron chi connectivity index (χ0n) is 6.76. The number of carboxylic acid groups (broad SMARTS) is 1. The van der Waals surface area contributed by atoms with E-state index in [1.54, 1.807) is 0 Å². The van der Waals surface area contributed by atoms with E-state index >= 15 is 0 Å². The molecule has 0 amide bonds. The summed E-state index contributed by atoms with van der Waals surface area (Å²) in [5, 5.41) is 7.89. The summed E-state index contributed by atoms with van der Waals surface area (Å²) < 4.78 is 0. The van der Waals surface area contributed by atoms with Gasteiger partial charge >= 0.3 is 5.97 Å². The average molecular weight is 156 g/mol. The minimum atomic E-state index is -0.935. The summed E-state index contributed by atoms with van der Waals surface area (Å²) in [4.78, 5) is 19.3. The monoisotopic (exact) mass is 156 g/mol. The third kappa shape index (κ3) is 17.7. The van der Waals surface area contributed by atoms with Gasteiger partial charge in [0.05, 0.1) is 0 Å². The molecule has 1 N–H and O–H groups in total. The van der Waals surface area contributed by atoms with Crippen LogP contribution in [0.3, 0.4) is 0 Å². The molecule has 0 aliphatic rings. The predicted molar refractivity (Wildman–Crippen MR) is 43.3 cm³/mol. The van der Waals surface area contributed by atoms with Gasteiger partial charge in [-0.25, -0.2) is 4.79 Å². The highest BCUT2D eigenvalue weighted by atomic mass is 16.4. The number of carboxylic acids is 1. The number of rotatable bonds is 2. The van der Waals surface area contributed by atoms with E-state index in [0.717, 1.165) is 0 Å². The van der Waals surface area contributed by atoms with Crippen molar-refractivity contribution in [3.63, 3.8) is 0 Å². The lowest BCUT2D eigenvalue weighted by atomic mass is 10.4. The van der Waals surface area contributed by atoms with Crippen molar-refractivity contribution < 1.29 is 14.7 Å². The smallest absolute Gasteiger partial charge is 0.330 e. The average Bonchev–Trinajstić information content (AvgIpc) is 1.89. The van der Waals surface area contributed by atoms with E-state index in [1.165, 1.54) is 19.9 Å². The lowest BCUT2D eigenvalue weighted by Crippen LogP contribution is -1.92. The van der Waals surface area contributed by atoms with E-state index in [4.69, 9.17) is 5.11 Å². The second-order valence-electron chi connectivity index (χ2n) is 1.90. The van der Waals surface area contributed by atoms with Crippen molar-refractivity contribution >= 4 is 11.8 Å². The molecule has 0 atom stereocenters. The van der Waals surface area contributed by atoms with Crippen LogP contribution in [0.1, 0.15) is 13.8 Å². The van der Waals surface area contributed by atoms with Crippen LogP contribution in [0.5, 0.6) is 0 Å². The lowest BCUT2D eigenvalue weighted by Gasteiger charge is -1.79. The molecular weight excluding hydrogens is 144 g/mol. The first kappa shape index (κ1) is 12.3. The van der Waals surface area contributed by atoms with Crippen LogP contribution in [-0.2, 0) is 9.59 Å². The highest BCUT2D eigenvalue weighted by molar-refractivity contribution is 5.86. The van der Waals surface area contributed by atoms with Gasteiger partial charge < -0.3 is 5.11 Å². The molecule has 0 bridgehead atoms. The number of allylic oxidation sites excluding steroid dienone is 1. The maximum absolute atomic E-state index is 9.69. The Bertz CT molecular complexity index is 168. The van der Waals surface area contributed by atoms with E-state index in [-0.39, 0.29) is 11.4 Å². The van der Waals surface area contributed by atoms with Gasteiger partial charge in [0, 0.05) is 5.57 Å². The summed E-state index contributed by atoms with van der Waals surface area (Å²) in [6, 6.07) is 0. The molecule has 0 rings (SSSR count). The molecule has 3 nitrogen and oxygen atoms in total. The van der Waals surface area contributed by atoms with Crippen LogP contribution in [0.15, 0.2) is 24.8 Å². The van der Waals surface area contributed by atoms with Crippen LogP contribution in [0.2, 0.25) is 0 Å². The fraction of sp³-hybridized carbons (Fsp3) is 0.250. The summed E-state index contributed by atoms with van der Waals surface area (Å²) >= 11 is 0. The SMILES string of the molecule is C=C(C)C(=O)O.C=CC(C)=O. The van der Waals surface area contributed by atoms with Gasteiger partial charge in [-0.1, -0.05) is 13.2 Å². The van der Waals surface area contributed by atoms with Gasteiger partial charge in [0.25, 0.3) is 0 Å². The van der Waals surface area contributed by atoms with Crippen molar-refractivity contribution in [1.82, 2.24) is 0 Å². The van der Waals surface area contributed by atoms with Crippen LogP contribution in [0.4, 0.5) is 0 Å². The Labute approximate surface area is 66.0 Å². The quantitative estimate of drug-likeness (QED) is 0.615. The Hall–Kier alpha value is -1.38. The molecule has 0 spiro atoms. The van der Waals surface area contributed by atoms with Gasteiger partial charge in [-0.05, 0) is 19.9 Å². The molecule has 0 aliphatic heterocycles. The van der Waals surface area contributed by atoms with Gasteiger partial charge in [-0.2, -0.15) is 0 Å². The van der Waals surface area contributed by atoms with Gasteiger partial charge in [0.1, 0.15) is 0 Å². The largest absolute Gasteiger partial charge is 0.478 e. The second kappa shape index (κ2) is 6.74. The summed E-state index contributed by atoms with van der Waals surface area (Å²) in [7, 11) is 0. The predicted octanol–water partition coefficient (Wildman–Crippen LogP) is 1.41. The van der Waals surface area contributed by atoms with Crippen molar-refractivity contribution in [1.29, 1.82) is 0 Å². The number of carbonyl (C=O) groups excluding carboxylic acids is 1. The maximum atomic E-state index is 9.69. The molecule has 0 saturated heterocycles. The Morgan fingerprint density at radius 2 is 1.55 bits per heavy atom. The van der Waals surface area contributed by atoms with Gasteiger partial charge in [0.2, 0.25) is 0 Å². The number of hydrogen-bond donors (Lipinski definition) is 1. The standard InChI is InChI=1S/C4H6O2.C4H6O/c1-3(2)4(5)6;1-3-4(2)5/h1H2,2H3,(H,5,6);3H,1H2,2H3. The molecule has 0 radical (unpaired) electrons. The molecule has 0 aromatic rings. The normalized spacial score (nSPS) is 7.09. The van der Waals surface area contributed by atoms with E-state index in [0.29, 0.717) is 0 Å². The summed E-state index contributed by atoms with van der Waals surface area (Å²) in [5.41, 5.74) is 0.176. The second-order valence-corrected chi connectivity index (χ2v) is 1.90. The first-order valence-electron chi connectivity index (χ1n) is 2.93. The fourth-order valence-electron chi connectivity index (χ4n) is 0. The number of hydrogen-bond acceptors (Lipinski definition) is 2. The number of carbonyl (C=O) groups is 2. The molecule has 3 heteroatoms. The number of aliphatic carboxylic acids is 1. The van der Waals surface area contributed by atoms with E-state index in [2.05, 4.69) is 13.2 Å². The third-order valence-electron chi connectivity index (χ3n) is 0.653. The van der Waals surface area contributed by atoms with Crippen molar-refractivity contribution in [2.24, 2.45) is 0 Å². The van der Waals surface area contributed by atoms with E-state index in [9.17, 15) is 9.59 Å². The highest BCUT2D eigenvalue weighted by Gasteiger charge is 1.90. The Morgan fingerprint density at radius 3 is 1.55 bits per heavy atom. The topological polar surface area (TPSA) is 54.4 Å². The van der Waals surface area contributed by atoms with E-state index < -0.39 is 5.97 Å². The Morgan fingerprint density at radius 1 is 1.36 bits per heavy atom. The molecule has 11 heavy (non-hydrogen) atoms. The molecule has 62 valence electrons. The van der Waals surface area contributed by atoms with Gasteiger partial charge in [-0.3, -0.25) is 4.79 Å². The minimum Gasteiger partial charge on any atom is -0.478 e. The van der Waals surface area contributed by atoms with Crippen LogP contribution in [0.25, 0.3) is 0 Å². The first-order chi connectivity index (χ1) is 4.91. The molecule has 0 heterocycles. The molecule has 0 aromatic carbocycles. The molecule has 0 aromatic heterocycles. The van der Waals surface area contributed by atoms with Crippen LogP contribution >= 0.6 is 0 Å². The molecule has 0 aliphatic carbocycles. The summed E-state index contributed by atoms with van der Waals surface area (Å²) in [5.74, 6) is -0.917. The molecular formula is C8H12O3. The third-order valence-corrected chi connectivity index (χ3v) is 0.653. The van der Waals surface area contributed by atoms with Gasteiger partial charge in [-0.15, -0.1) is 0 Å². The lowest BCUT2D eigenvalue weighted by molar-refractivity contribution is -0.132. The Kier molecular flexibility index (Phi) is 7.54. The van der Waals surface area contributed by atoms with Crippen molar-refractivity contribution in [3.8, 4) is 0 Å². The zero-order chi connectivity index (χ0) is 9.44. The van der Waals surface area contributed by atoms with E-state index in [1.807, 2.05) is 0 Å². The minimum absolute atomic E-state index is 0.0185. The first-order valence-corrected chi connectivity index (χ1v) is 2.93. The summed E-state index contributed by atoms with van der Waals surface area (Å²) in [6.07, 6.45) is 1.28. The fourth-order valence-corrected chi connectivity index (χ4v) is 0. The van der Waals surface area contributed by atoms with Gasteiger partial charge in [0.15, 0.2) is 5.78 Å². The summed E-state index contributed by atoms with van der Waals surface area (Å²) in [6.45, 7) is 9.28. The highest BCUT2D eigenvalue weighted by Crippen LogP contribution is 1.81. The molecule has 0 unspecified atom stereocenters. The van der Waals surface area contributed by atoms with Crippen LogP contribution < -0.4 is 0 Å². The van der Waals surface area contributed by atoms with Crippen LogP contribution in [0, 0.1) is 0 Å². The number of ketones is 1. The van der Waals surface area contributed by atoms with Crippen molar-refractivity contribution in [2.75, 3.05) is 0 Å². The van der Waals surface area contributed by atoms with Crippen molar-refractivity contribution in [3.05, 3.63) is 24.8 Å². The maximum Gasteiger partial charge on any atom is 0.330 e. The van der Waals surface area contributed by atoms with Crippen molar-refractivity contribution in [2.45, 2.75) is 13.8 Å².